The summed E-state index contributed by atoms with van der Waals surface area (Å²) in [4.78, 5) is 33.2. The van der Waals surface area contributed by atoms with Gasteiger partial charge in [-0.3, -0.25) is 9.59 Å². The van der Waals surface area contributed by atoms with Crippen LogP contribution in [0.1, 0.15) is 34.1 Å². The van der Waals surface area contributed by atoms with Gasteiger partial charge in [0.1, 0.15) is 0 Å². The van der Waals surface area contributed by atoms with E-state index in [2.05, 4.69) is 0 Å². The first-order valence-corrected chi connectivity index (χ1v) is 15.6. The summed E-state index contributed by atoms with van der Waals surface area (Å²) in [5, 5.41) is 0. The van der Waals surface area contributed by atoms with E-state index in [1.54, 1.807) is 0 Å². The topological polar surface area (TPSA) is 40.6 Å². The van der Waals surface area contributed by atoms with Gasteiger partial charge < -0.3 is 9.80 Å². The molecule has 4 nitrogen and oxygen atoms in total. The monoisotopic (exact) mass is 600 g/mol. The third kappa shape index (κ3) is 6.98. The Hall–Kier alpha value is -5.74. The minimum atomic E-state index is -0.509. The van der Waals surface area contributed by atoms with Crippen molar-refractivity contribution in [1.82, 2.24) is 0 Å². The molecule has 6 aromatic carbocycles. The third-order valence-corrected chi connectivity index (χ3v) is 8.24. The number of amides is 2. The molecule has 6 aromatic rings. The van der Waals surface area contributed by atoms with Crippen molar-refractivity contribution in [3.8, 4) is 0 Å². The molecule has 0 saturated carbocycles. The van der Waals surface area contributed by atoms with Crippen LogP contribution in [0.3, 0.4) is 0 Å². The van der Waals surface area contributed by atoms with Crippen molar-refractivity contribution in [1.29, 1.82) is 0 Å². The van der Waals surface area contributed by atoms with Crippen LogP contribution in [0.15, 0.2) is 182 Å². The van der Waals surface area contributed by atoms with E-state index in [4.69, 9.17) is 0 Å². The smallest absolute Gasteiger partial charge is 0.239 e. The standard InChI is InChI=1S/C42H36N2O2/c45-41(39(33-19-7-1-8-20-33)34-21-9-2-10-22-34)43(37-27-15-5-16-28-37)31-32-44(38-29-17-6-18-30-38)42(46)40(35-23-11-3-12-24-35)36-25-13-4-14-26-36/h1-30,39-40H,31-32H2. The maximum absolute atomic E-state index is 14.8. The fourth-order valence-electron chi connectivity index (χ4n) is 6.00. The molecule has 4 heteroatoms. The Morgan fingerprint density at radius 2 is 0.565 bits per heavy atom. The number of carbonyl (C=O) groups excluding carboxylic acids is 2. The van der Waals surface area contributed by atoms with Crippen molar-refractivity contribution in [2.24, 2.45) is 0 Å². The molecule has 0 aliphatic heterocycles. The molecule has 46 heavy (non-hydrogen) atoms. The van der Waals surface area contributed by atoms with Crippen molar-refractivity contribution >= 4 is 23.2 Å². The zero-order chi connectivity index (χ0) is 31.6. The van der Waals surface area contributed by atoms with Gasteiger partial charge in [-0.25, -0.2) is 0 Å². The van der Waals surface area contributed by atoms with Gasteiger partial charge >= 0.3 is 0 Å². The summed E-state index contributed by atoms with van der Waals surface area (Å²) in [5.74, 6) is -1.12. The SMILES string of the molecule is O=C(C(c1ccccc1)c1ccccc1)N(CCN(C(=O)C(c1ccccc1)c1ccccc1)c1ccccc1)c1ccccc1. The molecular weight excluding hydrogens is 564 g/mol. The van der Waals surface area contributed by atoms with Gasteiger partial charge in [-0.2, -0.15) is 0 Å². The van der Waals surface area contributed by atoms with Crippen LogP contribution >= 0.6 is 0 Å². The average molecular weight is 601 g/mol. The number of para-hydroxylation sites is 2. The van der Waals surface area contributed by atoms with Crippen LogP contribution in [0.25, 0.3) is 0 Å². The number of carbonyl (C=O) groups is 2. The molecular formula is C42H36N2O2. The predicted octanol–water partition coefficient (Wildman–Crippen LogP) is 8.72. The Morgan fingerprint density at radius 3 is 0.804 bits per heavy atom. The summed E-state index contributed by atoms with van der Waals surface area (Å²) in [7, 11) is 0. The zero-order valence-corrected chi connectivity index (χ0v) is 25.6. The molecule has 6 rings (SSSR count). The normalized spacial score (nSPS) is 10.9. The van der Waals surface area contributed by atoms with Crippen LogP contribution in [0.4, 0.5) is 11.4 Å². The molecule has 2 amide bonds. The second-order valence-electron chi connectivity index (χ2n) is 11.2. The fraction of sp³-hybridized carbons (Fsp3) is 0.0952. The molecule has 0 heterocycles. The summed E-state index contributed by atoms with van der Waals surface area (Å²) in [5.41, 5.74) is 5.25. The van der Waals surface area contributed by atoms with Gasteiger partial charge in [0.15, 0.2) is 0 Å². The lowest BCUT2D eigenvalue weighted by atomic mass is 9.89. The fourth-order valence-corrected chi connectivity index (χ4v) is 6.00. The van der Waals surface area contributed by atoms with E-state index in [0.717, 1.165) is 33.6 Å². The lowest BCUT2D eigenvalue weighted by Gasteiger charge is -2.33. The highest BCUT2D eigenvalue weighted by Gasteiger charge is 2.32. The highest BCUT2D eigenvalue weighted by Crippen LogP contribution is 2.32. The van der Waals surface area contributed by atoms with Crippen LogP contribution in [0.2, 0.25) is 0 Å². The number of hydrogen-bond acceptors (Lipinski definition) is 2. The molecule has 226 valence electrons. The van der Waals surface area contributed by atoms with E-state index < -0.39 is 11.8 Å². The van der Waals surface area contributed by atoms with Crippen LogP contribution in [-0.2, 0) is 9.59 Å². The zero-order valence-electron chi connectivity index (χ0n) is 25.6. The second kappa shape index (κ2) is 14.8. The minimum Gasteiger partial charge on any atom is -0.310 e. The van der Waals surface area contributed by atoms with E-state index in [0.29, 0.717) is 13.1 Å². The number of benzene rings is 6. The lowest BCUT2D eigenvalue weighted by molar-refractivity contribution is -0.120. The quantitative estimate of drug-likeness (QED) is 0.149. The van der Waals surface area contributed by atoms with Crippen molar-refractivity contribution in [2.45, 2.75) is 11.8 Å². The molecule has 0 unspecified atom stereocenters. The molecule has 0 bridgehead atoms. The maximum atomic E-state index is 14.8. The van der Waals surface area contributed by atoms with E-state index >= 15 is 0 Å². The first-order chi connectivity index (χ1) is 22.7. The molecule has 0 atom stereocenters. The van der Waals surface area contributed by atoms with E-state index in [1.165, 1.54) is 0 Å². The van der Waals surface area contributed by atoms with E-state index in [-0.39, 0.29) is 11.8 Å². The summed E-state index contributed by atoms with van der Waals surface area (Å²) < 4.78 is 0. The molecule has 0 radical (unpaired) electrons. The van der Waals surface area contributed by atoms with Crippen LogP contribution in [0.5, 0.6) is 0 Å². The van der Waals surface area contributed by atoms with E-state index in [9.17, 15) is 9.59 Å². The van der Waals surface area contributed by atoms with Gasteiger partial charge in [0.05, 0.1) is 11.8 Å². The molecule has 0 fully saturated rings. The predicted molar refractivity (Wildman–Crippen MR) is 187 cm³/mol. The summed E-state index contributed by atoms with van der Waals surface area (Å²) in [6, 6.07) is 59.1. The van der Waals surface area contributed by atoms with Crippen molar-refractivity contribution in [3.05, 3.63) is 204 Å². The van der Waals surface area contributed by atoms with Gasteiger partial charge in [-0.1, -0.05) is 158 Å². The lowest BCUT2D eigenvalue weighted by Crippen LogP contribution is -2.44. The van der Waals surface area contributed by atoms with Gasteiger partial charge in [0.25, 0.3) is 0 Å². The van der Waals surface area contributed by atoms with Crippen LogP contribution in [0, 0.1) is 0 Å². The molecule has 0 spiro atoms. The first-order valence-electron chi connectivity index (χ1n) is 15.6. The second-order valence-corrected chi connectivity index (χ2v) is 11.2. The Kier molecular flexibility index (Phi) is 9.76. The van der Waals surface area contributed by atoms with Gasteiger partial charge in [-0.05, 0) is 46.5 Å². The van der Waals surface area contributed by atoms with Crippen LogP contribution in [-0.4, -0.2) is 24.9 Å². The highest BCUT2D eigenvalue weighted by molar-refractivity contribution is 6.02. The van der Waals surface area contributed by atoms with Gasteiger partial charge in [0, 0.05) is 24.5 Å². The number of hydrogen-bond donors (Lipinski definition) is 0. The Labute approximate surface area is 271 Å². The Bertz CT molecular complexity index is 1600. The molecule has 0 N–H and O–H groups in total. The molecule has 0 aliphatic rings. The highest BCUT2D eigenvalue weighted by atomic mass is 16.2. The van der Waals surface area contributed by atoms with Gasteiger partial charge in [-0.15, -0.1) is 0 Å². The number of nitrogens with zero attached hydrogens (tertiary/aromatic N) is 2. The first kappa shape index (κ1) is 30.3. The van der Waals surface area contributed by atoms with Crippen molar-refractivity contribution < 1.29 is 9.59 Å². The van der Waals surface area contributed by atoms with E-state index in [1.807, 2.05) is 192 Å². The summed E-state index contributed by atoms with van der Waals surface area (Å²) >= 11 is 0. The average Bonchev–Trinajstić information content (AvgIpc) is 3.13. The molecule has 0 aromatic heterocycles. The van der Waals surface area contributed by atoms with Crippen molar-refractivity contribution in [3.63, 3.8) is 0 Å². The number of anilines is 2. The number of rotatable bonds is 11. The molecule has 0 aliphatic carbocycles. The van der Waals surface area contributed by atoms with Gasteiger partial charge in [0.2, 0.25) is 11.8 Å². The molecule has 0 saturated heterocycles. The summed E-state index contributed by atoms with van der Waals surface area (Å²) in [6.45, 7) is 0.603. The maximum Gasteiger partial charge on any atom is 0.239 e. The third-order valence-electron chi connectivity index (χ3n) is 8.24. The Balaban J connectivity index is 1.39. The largest absolute Gasteiger partial charge is 0.310 e. The van der Waals surface area contributed by atoms with Crippen LogP contribution < -0.4 is 9.80 Å². The minimum absolute atomic E-state index is 0.0493. The Morgan fingerprint density at radius 1 is 0.348 bits per heavy atom. The summed E-state index contributed by atoms with van der Waals surface area (Å²) in [6.07, 6.45) is 0. The van der Waals surface area contributed by atoms with Crippen molar-refractivity contribution in [2.75, 3.05) is 22.9 Å².